The van der Waals surface area contributed by atoms with E-state index in [0.29, 0.717) is 12.3 Å². The maximum atomic E-state index is 11.4. The Morgan fingerprint density at radius 1 is 1.19 bits per heavy atom. The topological polar surface area (TPSA) is 26.3 Å². The van der Waals surface area contributed by atoms with E-state index in [2.05, 4.69) is 20.8 Å². The first-order valence-electron chi connectivity index (χ1n) is 5.84. The van der Waals surface area contributed by atoms with Gasteiger partial charge >= 0.3 is 0 Å². The van der Waals surface area contributed by atoms with Crippen LogP contribution in [0.3, 0.4) is 0 Å². The van der Waals surface area contributed by atoms with Crippen molar-refractivity contribution in [3.63, 3.8) is 0 Å². The Morgan fingerprint density at radius 2 is 1.75 bits per heavy atom. The molecule has 16 heavy (non-hydrogen) atoms. The molecule has 0 heterocycles. The van der Waals surface area contributed by atoms with Crippen molar-refractivity contribution >= 4 is 5.78 Å². The Hall–Kier alpha value is -1.31. The van der Waals surface area contributed by atoms with Crippen LogP contribution < -0.4 is 4.74 Å². The molecule has 0 aliphatic heterocycles. The van der Waals surface area contributed by atoms with Crippen LogP contribution in [0.25, 0.3) is 0 Å². The number of carbonyl (C=O) groups excluding carboxylic acids is 1. The summed E-state index contributed by atoms with van der Waals surface area (Å²) in [5.41, 5.74) is 0.757. The molecule has 0 N–H and O–H groups in total. The summed E-state index contributed by atoms with van der Waals surface area (Å²) in [5, 5.41) is 0. The number of ketones is 1. The van der Waals surface area contributed by atoms with Crippen molar-refractivity contribution in [2.24, 2.45) is 5.92 Å². The van der Waals surface area contributed by atoms with Gasteiger partial charge in [0.2, 0.25) is 0 Å². The van der Waals surface area contributed by atoms with Gasteiger partial charge in [-0.15, -0.1) is 0 Å². The SMILES string of the molecule is CCC(=O)c1ccc(OC(C)C(C)C)cc1. The summed E-state index contributed by atoms with van der Waals surface area (Å²) in [4.78, 5) is 11.4. The van der Waals surface area contributed by atoms with Crippen molar-refractivity contribution in [3.05, 3.63) is 29.8 Å². The fourth-order valence-electron chi connectivity index (χ4n) is 1.27. The zero-order chi connectivity index (χ0) is 12.1. The summed E-state index contributed by atoms with van der Waals surface area (Å²) < 4.78 is 5.73. The van der Waals surface area contributed by atoms with Gasteiger partial charge in [0.1, 0.15) is 5.75 Å². The Bertz CT molecular complexity index is 338. The van der Waals surface area contributed by atoms with Gasteiger partial charge in [0.25, 0.3) is 0 Å². The molecule has 1 aromatic carbocycles. The summed E-state index contributed by atoms with van der Waals surface area (Å²) in [6, 6.07) is 7.38. The third kappa shape index (κ3) is 3.37. The highest BCUT2D eigenvalue weighted by molar-refractivity contribution is 5.95. The minimum absolute atomic E-state index is 0.170. The second kappa shape index (κ2) is 5.69. The molecule has 0 saturated heterocycles. The first-order chi connectivity index (χ1) is 7.54. The maximum absolute atomic E-state index is 11.4. The monoisotopic (exact) mass is 220 g/mol. The molecular weight excluding hydrogens is 200 g/mol. The average Bonchev–Trinajstić information content (AvgIpc) is 2.28. The van der Waals surface area contributed by atoms with Gasteiger partial charge in [-0.25, -0.2) is 0 Å². The standard InChI is InChI=1S/C14H20O2/c1-5-14(15)12-6-8-13(9-7-12)16-11(4)10(2)3/h6-11H,5H2,1-4H3. The number of Topliss-reactive ketones (excluding diaryl/α,β-unsaturated/α-hetero) is 1. The van der Waals surface area contributed by atoms with E-state index in [1.165, 1.54) is 0 Å². The summed E-state index contributed by atoms with van der Waals surface area (Å²) >= 11 is 0. The fraction of sp³-hybridized carbons (Fsp3) is 0.500. The molecule has 0 radical (unpaired) electrons. The first kappa shape index (κ1) is 12.8. The number of benzene rings is 1. The predicted octanol–water partition coefficient (Wildman–Crippen LogP) is 3.70. The van der Waals surface area contributed by atoms with Gasteiger partial charge < -0.3 is 4.74 Å². The molecule has 0 bridgehead atoms. The molecule has 0 aliphatic carbocycles. The molecule has 1 rings (SSSR count). The Balaban J connectivity index is 2.68. The van der Waals surface area contributed by atoms with Crippen LogP contribution in [0.15, 0.2) is 24.3 Å². The minimum atomic E-state index is 0.170. The molecule has 0 spiro atoms. The molecule has 0 saturated carbocycles. The van der Waals surface area contributed by atoms with Crippen LogP contribution in [-0.4, -0.2) is 11.9 Å². The molecule has 0 amide bonds. The van der Waals surface area contributed by atoms with E-state index in [-0.39, 0.29) is 11.9 Å². The smallest absolute Gasteiger partial charge is 0.162 e. The summed E-state index contributed by atoms with van der Waals surface area (Å²) in [5.74, 6) is 1.48. The fourth-order valence-corrected chi connectivity index (χ4v) is 1.27. The highest BCUT2D eigenvalue weighted by Crippen LogP contribution is 2.17. The van der Waals surface area contributed by atoms with E-state index < -0.39 is 0 Å². The largest absolute Gasteiger partial charge is 0.490 e. The Labute approximate surface area is 97.6 Å². The lowest BCUT2D eigenvalue weighted by atomic mass is 10.1. The molecule has 88 valence electrons. The second-order valence-corrected chi connectivity index (χ2v) is 4.37. The van der Waals surface area contributed by atoms with Crippen molar-refractivity contribution in [1.82, 2.24) is 0 Å². The van der Waals surface area contributed by atoms with Crippen LogP contribution in [0.2, 0.25) is 0 Å². The van der Waals surface area contributed by atoms with E-state index in [1.807, 2.05) is 31.2 Å². The lowest BCUT2D eigenvalue weighted by molar-refractivity contribution is 0.0988. The van der Waals surface area contributed by atoms with Crippen LogP contribution in [0.1, 0.15) is 44.5 Å². The molecule has 1 unspecified atom stereocenters. The van der Waals surface area contributed by atoms with Crippen LogP contribution in [-0.2, 0) is 0 Å². The van der Waals surface area contributed by atoms with E-state index in [4.69, 9.17) is 4.74 Å². The van der Waals surface area contributed by atoms with Crippen LogP contribution in [0, 0.1) is 5.92 Å². The third-order valence-electron chi connectivity index (χ3n) is 2.76. The molecule has 2 nitrogen and oxygen atoms in total. The van der Waals surface area contributed by atoms with Crippen molar-refractivity contribution < 1.29 is 9.53 Å². The molecule has 1 aromatic rings. The average molecular weight is 220 g/mol. The second-order valence-electron chi connectivity index (χ2n) is 4.37. The molecule has 0 aromatic heterocycles. The maximum Gasteiger partial charge on any atom is 0.162 e. The molecular formula is C14H20O2. The number of rotatable bonds is 5. The molecule has 1 atom stereocenters. The van der Waals surface area contributed by atoms with Crippen molar-refractivity contribution in [2.45, 2.75) is 40.2 Å². The van der Waals surface area contributed by atoms with Gasteiger partial charge in [-0.2, -0.15) is 0 Å². The first-order valence-corrected chi connectivity index (χ1v) is 5.84. The number of ether oxygens (including phenoxy) is 1. The van der Waals surface area contributed by atoms with Crippen molar-refractivity contribution in [3.8, 4) is 5.75 Å². The van der Waals surface area contributed by atoms with Crippen LogP contribution in [0.4, 0.5) is 0 Å². The Morgan fingerprint density at radius 3 is 2.19 bits per heavy atom. The van der Waals surface area contributed by atoms with Crippen molar-refractivity contribution in [2.75, 3.05) is 0 Å². The van der Waals surface area contributed by atoms with Gasteiger partial charge in [0, 0.05) is 12.0 Å². The lowest BCUT2D eigenvalue weighted by Gasteiger charge is -2.18. The van der Waals surface area contributed by atoms with Gasteiger partial charge in [-0.3, -0.25) is 4.79 Å². The number of hydrogen-bond donors (Lipinski definition) is 0. The zero-order valence-corrected chi connectivity index (χ0v) is 10.5. The van der Waals surface area contributed by atoms with Crippen LogP contribution in [0.5, 0.6) is 5.75 Å². The van der Waals surface area contributed by atoms with Gasteiger partial charge in [0.15, 0.2) is 5.78 Å². The zero-order valence-electron chi connectivity index (χ0n) is 10.5. The predicted molar refractivity (Wildman–Crippen MR) is 66.0 cm³/mol. The van der Waals surface area contributed by atoms with Crippen molar-refractivity contribution in [1.29, 1.82) is 0 Å². The van der Waals surface area contributed by atoms with E-state index in [1.54, 1.807) is 0 Å². The quantitative estimate of drug-likeness (QED) is 0.707. The summed E-state index contributed by atoms with van der Waals surface area (Å²) in [6.45, 7) is 8.17. The number of hydrogen-bond acceptors (Lipinski definition) is 2. The third-order valence-corrected chi connectivity index (χ3v) is 2.76. The summed E-state index contributed by atoms with van der Waals surface area (Å²) in [6.07, 6.45) is 0.732. The Kier molecular flexibility index (Phi) is 4.53. The lowest BCUT2D eigenvalue weighted by Crippen LogP contribution is -2.18. The van der Waals surface area contributed by atoms with E-state index in [0.717, 1.165) is 11.3 Å². The normalized spacial score (nSPS) is 12.6. The van der Waals surface area contributed by atoms with Gasteiger partial charge in [-0.1, -0.05) is 20.8 Å². The minimum Gasteiger partial charge on any atom is -0.490 e. The summed E-state index contributed by atoms with van der Waals surface area (Å²) in [7, 11) is 0. The van der Waals surface area contributed by atoms with Crippen LogP contribution >= 0.6 is 0 Å². The molecule has 2 heteroatoms. The number of carbonyl (C=O) groups is 1. The highest BCUT2D eigenvalue weighted by atomic mass is 16.5. The highest BCUT2D eigenvalue weighted by Gasteiger charge is 2.09. The van der Waals surface area contributed by atoms with E-state index in [9.17, 15) is 4.79 Å². The van der Waals surface area contributed by atoms with Gasteiger partial charge in [-0.05, 0) is 37.1 Å². The van der Waals surface area contributed by atoms with Gasteiger partial charge in [0.05, 0.1) is 6.10 Å². The molecule has 0 aliphatic rings. The van der Waals surface area contributed by atoms with E-state index >= 15 is 0 Å². The molecule has 0 fully saturated rings.